The summed E-state index contributed by atoms with van der Waals surface area (Å²) < 4.78 is 21.0. The molecular formula is C49H56N10O8. The van der Waals surface area contributed by atoms with Gasteiger partial charge in [-0.15, -0.1) is 0 Å². The number of hydrogen-bond acceptors (Lipinski definition) is 12. The summed E-state index contributed by atoms with van der Waals surface area (Å²) in [6.07, 6.45) is 11.5. The number of carbonyl (C=O) groups excluding carboxylic acids is 4. The van der Waals surface area contributed by atoms with E-state index in [1.165, 1.54) is 14.2 Å². The van der Waals surface area contributed by atoms with E-state index in [0.29, 0.717) is 81.2 Å². The summed E-state index contributed by atoms with van der Waals surface area (Å²) >= 11 is 0. The monoisotopic (exact) mass is 912 g/mol. The summed E-state index contributed by atoms with van der Waals surface area (Å²) in [7, 11) is 2.63. The van der Waals surface area contributed by atoms with E-state index < -0.39 is 24.3 Å². The van der Waals surface area contributed by atoms with E-state index in [-0.39, 0.29) is 47.8 Å². The number of methoxy groups -OCH3 is 2. The topological polar surface area (TPSA) is 219 Å². The maximum absolute atomic E-state index is 14.4. The average Bonchev–Trinajstić information content (AvgIpc) is 3.77. The number of nitrogens with one attached hydrogen (secondary N) is 4. The van der Waals surface area contributed by atoms with Gasteiger partial charge in [-0.3, -0.25) is 14.6 Å². The van der Waals surface area contributed by atoms with Crippen molar-refractivity contribution in [3.8, 4) is 33.8 Å². The number of alkyl carbamates (subject to hydrolysis) is 2. The van der Waals surface area contributed by atoms with Crippen molar-refractivity contribution in [2.75, 3.05) is 40.6 Å². The van der Waals surface area contributed by atoms with Gasteiger partial charge in [0, 0.05) is 38.5 Å². The second-order valence-electron chi connectivity index (χ2n) is 19.0. The van der Waals surface area contributed by atoms with Gasteiger partial charge in [0.1, 0.15) is 29.4 Å². The number of rotatable bonds is 11. The van der Waals surface area contributed by atoms with E-state index in [1.807, 2.05) is 34.2 Å². The molecule has 4 amide bonds. The molecule has 8 atom stereocenters. The van der Waals surface area contributed by atoms with Crippen LogP contribution < -0.4 is 10.6 Å². The minimum Gasteiger partial charge on any atom is -0.453 e. The molecule has 4 N–H and O–H groups in total. The zero-order valence-corrected chi connectivity index (χ0v) is 37.7. The van der Waals surface area contributed by atoms with Crippen LogP contribution in [0, 0.1) is 23.7 Å². The Bertz CT molecular complexity index is 2660. The first kappa shape index (κ1) is 43.2. The highest BCUT2D eigenvalue weighted by molar-refractivity contribution is 5.88. The van der Waals surface area contributed by atoms with Crippen LogP contribution in [0.25, 0.3) is 44.8 Å². The Hall–Kier alpha value is -6.40. The molecule has 4 saturated heterocycles. The van der Waals surface area contributed by atoms with Crippen LogP contribution in [0.15, 0.2) is 61.1 Å². The molecule has 11 rings (SSSR count). The number of fused-ring (bicyclic) bond motifs is 3. The smallest absolute Gasteiger partial charge is 0.407 e. The predicted molar refractivity (Wildman–Crippen MR) is 243 cm³/mol. The van der Waals surface area contributed by atoms with E-state index in [1.54, 1.807) is 12.4 Å². The van der Waals surface area contributed by atoms with Crippen LogP contribution in [0.1, 0.15) is 81.5 Å². The molecule has 350 valence electrons. The summed E-state index contributed by atoms with van der Waals surface area (Å²) in [5, 5.41) is 5.72. The Labute approximate surface area is 387 Å². The number of hydrogen-bond donors (Lipinski definition) is 4. The minimum absolute atomic E-state index is 0.0319. The molecule has 6 aliphatic rings. The first-order valence-electron chi connectivity index (χ1n) is 23.7. The summed E-state index contributed by atoms with van der Waals surface area (Å²) in [6, 6.07) is 12.7. The fourth-order valence-corrected chi connectivity index (χ4v) is 11.4. The molecule has 18 heteroatoms. The van der Waals surface area contributed by atoms with E-state index in [4.69, 9.17) is 38.9 Å². The highest BCUT2D eigenvalue weighted by Crippen LogP contribution is 2.54. The summed E-state index contributed by atoms with van der Waals surface area (Å²) in [5.41, 5.74) is 6.68. The molecule has 6 fully saturated rings. The molecule has 3 aromatic heterocycles. The molecule has 5 aromatic rings. The number of carbonyl (C=O) groups is 4. The van der Waals surface area contributed by atoms with Crippen LogP contribution in [0.5, 0.6) is 0 Å². The summed E-state index contributed by atoms with van der Waals surface area (Å²) in [4.78, 5) is 83.7. The number of imidazole rings is 2. The molecule has 0 radical (unpaired) electrons. The van der Waals surface area contributed by atoms with Gasteiger partial charge in [-0.2, -0.15) is 0 Å². The van der Waals surface area contributed by atoms with Crippen molar-refractivity contribution < 1.29 is 38.1 Å². The van der Waals surface area contributed by atoms with Gasteiger partial charge in [0.25, 0.3) is 0 Å². The fourth-order valence-electron chi connectivity index (χ4n) is 11.4. The molecule has 0 bridgehead atoms. The lowest BCUT2D eigenvalue weighted by atomic mass is 9.79. The second-order valence-corrected chi connectivity index (χ2v) is 19.0. The summed E-state index contributed by atoms with van der Waals surface area (Å²) in [5.74, 6) is 2.01. The Morgan fingerprint density at radius 2 is 1.16 bits per heavy atom. The zero-order valence-electron chi connectivity index (χ0n) is 37.7. The molecule has 2 saturated carbocycles. The van der Waals surface area contributed by atoms with Crippen LogP contribution in [0.4, 0.5) is 9.59 Å². The lowest BCUT2D eigenvalue weighted by Crippen LogP contribution is -2.56. The number of ether oxygens (including phenoxy) is 4. The van der Waals surface area contributed by atoms with Crippen LogP contribution in [0.3, 0.4) is 0 Å². The number of amides is 4. The van der Waals surface area contributed by atoms with Gasteiger partial charge in [-0.1, -0.05) is 30.3 Å². The van der Waals surface area contributed by atoms with Crippen LogP contribution >= 0.6 is 0 Å². The van der Waals surface area contributed by atoms with Gasteiger partial charge < -0.3 is 49.3 Å². The number of likely N-dealkylation sites (tertiary alicyclic amines) is 2. The molecule has 18 nitrogen and oxygen atoms in total. The third kappa shape index (κ3) is 8.27. The van der Waals surface area contributed by atoms with Gasteiger partial charge in [0.15, 0.2) is 0 Å². The molecule has 7 heterocycles. The molecule has 4 aliphatic heterocycles. The quantitative estimate of drug-likeness (QED) is 0.118. The van der Waals surface area contributed by atoms with Crippen LogP contribution in [-0.4, -0.2) is 129 Å². The van der Waals surface area contributed by atoms with Crippen molar-refractivity contribution in [2.45, 2.75) is 94.0 Å². The Morgan fingerprint density at radius 3 is 1.76 bits per heavy atom. The predicted octanol–water partition coefficient (Wildman–Crippen LogP) is 6.09. The van der Waals surface area contributed by atoms with Crippen LogP contribution in [0.2, 0.25) is 0 Å². The van der Waals surface area contributed by atoms with E-state index >= 15 is 0 Å². The van der Waals surface area contributed by atoms with E-state index in [0.717, 1.165) is 71.3 Å². The molecule has 2 aromatic carbocycles. The maximum atomic E-state index is 14.4. The van der Waals surface area contributed by atoms with Gasteiger partial charge in [-0.25, -0.2) is 24.5 Å². The SMILES string of the molecule is COC(=O)N[C@H](C(=O)N1[C@@H]2CC2C[C@H]1c1ncc(-c2cnc3cc(-c4ccc(-c5cnc([C@@H]6C[C@H]7CC[C@H]7N6C(=O)[C@@H](NC(=O)OC)C6CCOCC6)[nH]5)cc4)ccc3n2)[nH]1)C1CCOCC1. The van der Waals surface area contributed by atoms with Crippen molar-refractivity contribution in [3.05, 3.63) is 72.7 Å². The number of piperidine rings is 1. The maximum Gasteiger partial charge on any atom is 0.407 e. The van der Waals surface area contributed by atoms with Crippen molar-refractivity contribution in [2.24, 2.45) is 23.7 Å². The number of aromatic nitrogens is 6. The lowest BCUT2D eigenvalue weighted by Gasteiger charge is -2.40. The fraction of sp³-hybridized carbons (Fsp3) is 0.510. The number of H-pyrrole nitrogens is 2. The number of benzene rings is 2. The largest absolute Gasteiger partial charge is 0.453 e. The molecule has 2 aliphatic carbocycles. The molecule has 0 spiro atoms. The van der Waals surface area contributed by atoms with Crippen molar-refractivity contribution >= 4 is 35.0 Å². The van der Waals surface area contributed by atoms with Gasteiger partial charge in [0.05, 0.1) is 67.3 Å². The van der Waals surface area contributed by atoms with Gasteiger partial charge in [-0.05, 0) is 110 Å². The first-order chi connectivity index (χ1) is 32.7. The standard InChI is InChI=1S/C49H56N10O8/c1-64-48(62)56-42(28-11-15-66-16-12-28)46(60)58-38-10-8-31(38)20-40(58)44-51-23-35(54-44)27-5-3-26(4-6-27)30-7-9-33-34(19-30)50-24-36(53-33)37-25-52-45(55-37)41-22-32-21-39(32)59(41)47(61)43(57-49(63)65-2)29-13-17-67-18-14-29/h3-7,9,19,23-25,28-29,31-32,38-43H,8,10-18,20-22H2,1-2H3,(H,51,54)(H,52,55)(H,56,62)(H,57,63)/t31-,32?,38-,39-,40+,41+,42+,43+/m1/s1. The number of aromatic amines is 2. The van der Waals surface area contributed by atoms with Gasteiger partial charge in [0.2, 0.25) is 11.8 Å². The van der Waals surface area contributed by atoms with Gasteiger partial charge >= 0.3 is 12.2 Å². The van der Waals surface area contributed by atoms with Crippen molar-refractivity contribution in [1.82, 2.24) is 50.3 Å². The molecule has 67 heavy (non-hydrogen) atoms. The first-order valence-corrected chi connectivity index (χ1v) is 23.7. The minimum atomic E-state index is -0.698. The zero-order chi connectivity index (χ0) is 45.8. The normalized spacial score (nSPS) is 25.7. The van der Waals surface area contributed by atoms with Crippen molar-refractivity contribution in [3.63, 3.8) is 0 Å². The molecule has 1 unspecified atom stereocenters. The van der Waals surface area contributed by atoms with Crippen molar-refractivity contribution in [1.29, 1.82) is 0 Å². The Morgan fingerprint density at radius 1 is 0.612 bits per heavy atom. The lowest BCUT2D eigenvalue weighted by molar-refractivity contribution is -0.140. The Balaban J connectivity index is 0.773. The van der Waals surface area contributed by atoms with E-state index in [2.05, 4.69) is 44.9 Å². The van der Waals surface area contributed by atoms with Crippen LogP contribution in [-0.2, 0) is 28.5 Å². The third-order valence-electron chi connectivity index (χ3n) is 15.3. The Kier molecular flexibility index (Phi) is 11.6. The van der Waals surface area contributed by atoms with E-state index in [9.17, 15) is 19.2 Å². The average molecular weight is 913 g/mol. The number of nitrogens with zero attached hydrogens (tertiary/aromatic N) is 6. The second kappa shape index (κ2) is 18.0. The summed E-state index contributed by atoms with van der Waals surface area (Å²) in [6.45, 7) is 2.22. The third-order valence-corrected chi connectivity index (χ3v) is 15.3. The highest BCUT2D eigenvalue weighted by Gasteiger charge is 2.57. The molecular weight excluding hydrogens is 857 g/mol. The highest BCUT2D eigenvalue weighted by atomic mass is 16.5.